The largest absolute Gasteiger partial charge is 0.378 e. The van der Waals surface area contributed by atoms with Gasteiger partial charge in [-0.25, -0.2) is 0 Å². The molecule has 0 bridgehead atoms. The van der Waals surface area contributed by atoms with Crippen molar-refractivity contribution in [3.8, 4) is 0 Å². The average molecular weight is 307 g/mol. The minimum Gasteiger partial charge on any atom is -0.378 e. The summed E-state index contributed by atoms with van der Waals surface area (Å²) in [5.74, 6) is 0. The Morgan fingerprint density at radius 1 is 1.15 bits per heavy atom. The molecule has 1 fully saturated rings. The van der Waals surface area contributed by atoms with E-state index in [4.69, 9.17) is 11.6 Å². The summed E-state index contributed by atoms with van der Waals surface area (Å²) in [5.41, 5.74) is 2.55. The van der Waals surface area contributed by atoms with Gasteiger partial charge in [-0.05, 0) is 37.5 Å². The van der Waals surface area contributed by atoms with Crippen molar-refractivity contribution in [3.05, 3.63) is 45.6 Å². The van der Waals surface area contributed by atoms with Gasteiger partial charge in [-0.3, -0.25) is 0 Å². The maximum Gasteiger partial charge on any atom is 0.0602 e. The fourth-order valence-electron chi connectivity index (χ4n) is 2.66. The third-order valence-corrected chi connectivity index (χ3v) is 4.96. The van der Waals surface area contributed by atoms with Crippen molar-refractivity contribution < 1.29 is 0 Å². The SMILES string of the molecule is Clc1csc(CNc2ccccc2N2CCCCC2)c1. The lowest BCUT2D eigenvalue weighted by molar-refractivity contribution is 0.578. The molecule has 0 amide bonds. The van der Waals surface area contributed by atoms with Crippen LogP contribution in [0.5, 0.6) is 0 Å². The van der Waals surface area contributed by atoms with Crippen LogP contribution in [0.4, 0.5) is 11.4 Å². The van der Waals surface area contributed by atoms with Crippen molar-refractivity contribution in [2.75, 3.05) is 23.3 Å². The number of nitrogens with zero attached hydrogens (tertiary/aromatic N) is 1. The predicted octanol–water partition coefficient (Wildman–Crippen LogP) is 5.00. The second-order valence-electron chi connectivity index (χ2n) is 5.15. The second kappa shape index (κ2) is 6.51. The van der Waals surface area contributed by atoms with Gasteiger partial charge in [0.1, 0.15) is 0 Å². The Labute approximate surface area is 129 Å². The highest BCUT2D eigenvalue weighted by atomic mass is 35.5. The molecular formula is C16H19ClN2S. The number of hydrogen-bond acceptors (Lipinski definition) is 3. The molecule has 106 valence electrons. The van der Waals surface area contributed by atoms with Crippen molar-refractivity contribution in [2.24, 2.45) is 0 Å². The molecule has 2 heterocycles. The number of thiophene rings is 1. The number of rotatable bonds is 4. The number of nitrogens with one attached hydrogen (secondary N) is 1. The van der Waals surface area contributed by atoms with Crippen molar-refractivity contribution in [1.82, 2.24) is 0 Å². The van der Waals surface area contributed by atoms with Crippen molar-refractivity contribution in [1.29, 1.82) is 0 Å². The number of hydrogen-bond donors (Lipinski definition) is 1. The Morgan fingerprint density at radius 2 is 1.95 bits per heavy atom. The summed E-state index contributed by atoms with van der Waals surface area (Å²) in [7, 11) is 0. The van der Waals surface area contributed by atoms with Crippen LogP contribution in [0.25, 0.3) is 0 Å². The summed E-state index contributed by atoms with van der Waals surface area (Å²) >= 11 is 7.67. The molecule has 1 aromatic carbocycles. The van der Waals surface area contributed by atoms with E-state index in [2.05, 4.69) is 34.5 Å². The molecule has 0 aliphatic carbocycles. The monoisotopic (exact) mass is 306 g/mol. The van der Waals surface area contributed by atoms with Crippen molar-refractivity contribution >= 4 is 34.3 Å². The molecule has 2 aromatic rings. The lowest BCUT2D eigenvalue weighted by atomic mass is 10.1. The zero-order chi connectivity index (χ0) is 13.8. The lowest BCUT2D eigenvalue weighted by Gasteiger charge is -2.30. The van der Waals surface area contributed by atoms with Gasteiger partial charge in [-0.15, -0.1) is 11.3 Å². The molecular weight excluding hydrogens is 288 g/mol. The molecule has 3 rings (SSSR count). The van der Waals surface area contributed by atoms with Crippen LogP contribution in [-0.2, 0) is 6.54 Å². The van der Waals surface area contributed by atoms with E-state index >= 15 is 0 Å². The molecule has 0 atom stereocenters. The van der Waals surface area contributed by atoms with Crippen LogP contribution in [0, 0.1) is 0 Å². The molecule has 1 aromatic heterocycles. The van der Waals surface area contributed by atoms with Gasteiger partial charge in [0.15, 0.2) is 0 Å². The number of para-hydroxylation sites is 2. The van der Waals surface area contributed by atoms with E-state index in [1.54, 1.807) is 11.3 Å². The van der Waals surface area contributed by atoms with Crippen LogP contribution in [0.2, 0.25) is 5.02 Å². The van der Waals surface area contributed by atoms with E-state index in [1.165, 1.54) is 48.6 Å². The van der Waals surface area contributed by atoms with Gasteiger partial charge in [0, 0.05) is 29.9 Å². The van der Waals surface area contributed by atoms with Crippen molar-refractivity contribution in [3.63, 3.8) is 0 Å². The lowest BCUT2D eigenvalue weighted by Crippen LogP contribution is -2.30. The van der Waals surface area contributed by atoms with Crippen LogP contribution >= 0.6 is 22.9 Å². The summed E-state index contributed by atoms with van der Waals surface area (Å²) < 4.78 is 0. The first-order valence-corrected chi connectivity index (χ1v) is 8.39. The molecule has 1 N–H and O–H groups in total. The zero-order valence-corrected chi connectivity index (χ0v) is 13.0. The molecule has 0 radical (unpaired) electrons. The Bertz CT molecular complexity index is 561. The van der Waals surface area contributed by atoms with Gasteiger partial charge in [0.25, 0.3) is 0 Å². The topological polar surface area (TPSA) is 15.3 Å². The summed E-state index contributed by atoms with van der Waals surface area (Å²) in [4.78, 5) is 3.76. The minimum absolute atomic E-state index is 0.830. The third-order valence-electron chi connectivity index (χ3n) is 3.68. The Morgan fingerprint density at radius 3 is 2.70 bits per heavy atom. The van der Waals surface area contributed by atoms with E-state index in [9.17, 15) is 0 Å². The summed E-state index contributed by atoms with van der Waals surface area (Å²) in [5, 5.41) is 6.36. The Balaban J connectivity index is 1.72. The van der Waals surface area contributed by atoms with Crippen LogP contribution in [0.3, 0.4) is 0 Å². The number of benzene rings is 1. The van der Waals surface area contributed by atoms with E-state index < -0.39 is 0 Å². The number of halogens is 1. The van der Waals surface area contributed by atoms with Crippen LogP contribution in [0.1, 0.15) is 24.1 Å². The van der Waals surface area contributed by atoms with Gasteiger partial charge < -0.3 is 10.2 Å². The molecule has 2 nitrogen and oxygen atoms in total. The maximum atomic E-state index is 5.97. The molecule has 1 aliphatic heterocycles. The van der Waals surface area contributed by atoms with Crippen LogP contribution < -0.4 is 10.2 Å². The number of anilines is 2. The highest BCUT2D eigenvalue weighted by molar-refractivity contribution is 7.10. The standard InChI is InChI=1S/C16H19ClN2S/c17-13-10-14(20-12-13)11-18-15-6-2-3-7-16(15)19-8-4-1-5-9-19/h2-3,6-7,10,12,18H,1,4-5,8-9,11H2. The van der Waals surface area contributed by atoms with E-state index in [1.807, 2.05) is 11.4 Å². The molecule has 20 heavy (non-hydrogen) atoms. The molecule has 0 spiro atoms. The third kappa shape index (κ3) is 3.28. The molecule has 0 saturated carbocycles. The summed E-state index contributed by atoms with van der Waals surface area (Å²) in [6.45, 7) is 3.18. The smallest absolute Gasteiger partial charge is 0.0602 e. The van der Waals surface area contributed by atoms with Gasteiger partial charge in [0.05, 0.1) is 16.4 Å². The Kier molecular flexibility index (Phi) is 4.48. The fourth-order valence-corrected chi connectivity index (χ4v) is 3.68. The molecule has 1 saturated heterocycles. The van der Waals surface area contributed by atoms with E-state index in [-0.39, 0.29) is 0 Å². The first-order valence-electron chi connectivity index (χ1n) is 7.14. The van der Waals surface area contributed by atoms with Crippen LogP contribution in [-0.4, -0.2) is 13.1 Å². The molecule has 1 aliphatic rings. The predicted molar refractivity (Wildman–Crippen MR) is 89.2 cm³/mol. The highest BCUT2D eigenvalue weighted by Crippen LogP contribution is 2.29. The van der Waals surface area contributed by atoms with Gasteiger partial charge in [-0.2, -0.15) is 0 Å². The average Bonchev–Trinajstić information content (AvgIpc) is 2.92. The van der Waals surface area contributed by atoms with Crippen LogP contribution in [0.15, 0.2) is 35.7 Å². The van der Waals surface area contributed by atoms with Gasteiger partial charge in [0.2, 0.25) is 0 Å². The summed E-state index contributed by atoms with van der Waals surface area (Å²) in [6.07, 6.45) is 3.96. The molecule has 4 heteroatoms. The second-order valence-corrected chi connectivity index (χ2v) is 6.58. The van der Waals surface area contributed by atoms with Gasteiger partial charge in [-0.1, -0.05) is 23.7 Å². The first kappa shape index (κ1) is 13.8. The van der Waals surface area contributed by atoms with E-state index in [0.29, 0.717) is 0 Å². The number of piperidine rings is 1. The minimum atomic E-state index is 0.830. The first-order chi connectivity index (χ1) is 9.83. The fraction of sp³-hybridized carbons (Fsp3) is 0.375. The quantitative estimate of drug-likeness (QED) is 0.854. The van der Waals surface area contributed by atoms with Crippen molar-refractivity contribution in [2.45, 2.75) is 25.8 Å². The summed E-state index contributed by atoms with van der Waals surface area (Å²) in [6, 6.07) is 10.6. The maximum absolute atomic E-state index is 5.97. The molecule has 0 unspecified atom stereocenters. The normalized spacial score (nSPS) is 15.3. The van der Waals surface area contributed by atoms with Gasteiger partial charge >= 0.3 is 0 Å². The highest BCUT2D eigenvalue weighted by Gasteiger charge is 2.13. The Hall–Kier alpha value is -1.19. The van der Waals surface area contributed by atoms with E-state index in [0.717, 1.165) is 11.6 Å². The zero-order valence-electron chi connectivity index (χ0n) is 11.4.